The highest BCUT2D eigenvalue weighted by Crippen LogP contribution is 2.32. The molecule has 0 fully saturated rings. The maximum absolute atomic E-state index is 12.8. The van der Waals surface area contributed by atoms with Gasteiger partial charge < -0.3 is 13.7 Å². The first-order valence-electron chi connectivity index (χ1n) is 8.07. The van der Waals surface area contributed by atoms with Gasteiger partial charge in [0.05, 0.1) is 17.1 Å². The number of aryl methyl sites for hydroxylation is 1. The Bertz CT molecular complexity index is 918. The molecule has 0 N–H and O–H groups in total. The van der Waals surface area contributed by atoms with Crippen LogP contribution in [-0.2, 0) is 11.2 Å². The van der Waals surface area contributed by atoms with E-state index < -0.39 is 0 Å². The van der Waals surface area contributed by atoms with E-state index in [1.807, 2.05) is 36.9 Å². The summed E-state index contributed by atoms with van der Waals surface area (Å²) in [5, 5.41) is 8.15. The number of benzene rings is 1. The van der Waals surface area contributed by atoms with Crippen molar-refractivity contribution < 1.29 is 13.6 Å². The molecule has 25 heavy (non-hydrogen) atoms. The third-order valence-electron chi connectivity index (χ3n) is 4.27. The SMILES string of the molecule is Cc1occc1-c1nnc(S[C@H](C)C(=O)N2CCc3ccccc32)o1. The van der Waals surface area contributed by atoms with Crippen molar-refractivity contribution in [2.45, 2.75) is 30.7 Å². The number of anilines is 1. The Morgan fingerprint density at radius 1 is 1.28 bits per heavy atom. The van der Waals surface area contributed by atoms with Crippen molar-refractivity contribution in [2.75, 3.05) is 11.4 Å². The van der Waals surface area contributed by atoms with Crippen LogP contribution < -0.4 is 4.90 Å². The molecule has 2 aromatic heterocycles. The van der Waals surface area contributed by atoms with Crippen LogP contribution in [0.25, 0.3) is 11.5 Å². The molecule has 1 atom stereocenters. The minimum absolute atomic E-state index is 0.0502. The summed E-state index contributed by atoms with van der Waals surface area (Å²) >= 11 is 1.28. The maximum atomic E-state index is 12.8. The van der Waals surface area contributed by atoms with E-state index >= 15 is 0 Å². The fraction of sp³-hybridized carbons (Fsp3) is 0.278. The van der Waals surface area contributed by atoms with E-state index in [9.17, 15) is 4.79 Å². The van der Waals surface area contributed by atoms with E-state index in [4.69, 9.17) is 8.83 Å². The first kappa shape index (κ1) is 16.0. The van der Waals surface area contributed by atoms with Crippen LogP contribution in [-0.4, -0.2) is 27.9 Å². The molecule has 7 heteroatoms. The Balaban J connectivity index is 1.48. The highest BCUT2D eigenvalue weighted by atomic mass is 32.2. The Kier molecular flexibility index (Phi) is 4.09. The van der Waals surface area contributed by atoms with Gasteiger partial charge in [-0.25, -0.2) is 0 Å². The Morgan fingerprint density at radius 3 is 2.92 bits per heavy atom. The molecule has 0 saturated carbocycles. The number of fused-ring (bicyclic) bond motifs is 1. The summed E-state index contributed by atoms with van der Waals surface area (Å²) < 4.78 is 10.9. The number of nitrogens with zero attached hydrogens (tertiary/aromatic N) is 3. The van der Waals surface area contributed by atoms with Gasteiger partial charge in [0, 0.05) is 12.2 Å². The lowest BCUT2D eigenvalue weighted by molar-refractivity contribution is -0.117. The van der Waals surface area contributed by atoms with Crippen molar-refractivity contribution in [3.63, 3.8) is 0 Å². The van der Waals surface area contributed by atoms with Crippen LogP contribution >= 0.6 is 11.8 Å². The number of amides is 1. The predicted octanol–water partition coefficient (Wildman–Crippen LogP) is 3.71. The third kappa shape index (κ3) is 2.95. The standard InChI is InChI=1S/C18H17N3O3S/c1-11-14(8-10-23-11)16-19-20-18(24-16)25-12(2)17(22)21-9-7-13-5-3-4-6-15(13)21/h3-6,8,10,12H,7,9H2,1-2H3/t12-/m1/s1. The largest absolute Gasteiger partial charge is 0.469 e. The minimum atomic E-state index is -0.315. The van der Waals surface area contributed by atoms with Crippen molar-refractivity contribution in [3.8, 4) is 11.5 Å². The minimum Gasteiger partial charge on any atom is -0.469 e. The zero-order valence-electron chi connectivity index (χ0n) is 13.9. The highest BCUT2D eigenvalue weighted by Gasteiger charge is 2.29. The van der Waals surface area contributed by atoms with Crippen LogP contribution in [0.15, 0.2) is 50.7 Å². The van der Waals surface area contributed by atoms with Gasteiger partial charge in [0.1, 0.15) is 5.76 Å². The second-order valence-corrected chi connectivity index (χ2v) is 7.18. The van der Waals surface area contributed by atoms with Crippen molar-refractivity contribution in [3.05, 3.63) is 47.9 Å². The summed E-state index contributed by atoms with van der Waals surface area (Å²) in [4.78, 5) is 14.6. The lowest BCUT2D eigenvalue weighted by Crippen LogP contribution is -2.35. The van der Waals surface area contributed by atoms with Gasteiger partial charge in [0.25, 0.3) is 11.1 Å². The first-order valence-corrected chi connectivity index (χ1v) is 8.95. The number of hydrogen-bond donors (Lipinski definition) is 0. The summed E-state index contributed by atoms with van der Waals surface area (Å²) in [6.45, 7) is 4.41. The fourth-order valence-electron chi connectivity index (χ4n) is 2.96. The molecule has 0 aliphatic carbocycles. The molecule has 1 amide bonds. The lowest BCUT2D eigenvalue weighted by Gasteiger charge is -2.20. The second kappa shape index (κ2) is 6.40. The van der Waals surface area contributed by atoms with Gasteiger partial charge in [-0.1, -0.05) is 30.0 Å². The van der Waals surface area contributed by atoms with Crippen LogP contribution in [0.4, 0.5) is 5.69 Å². The molecule has 1 aromatic carbocycles. The molecule has 3 aromatic rings. The van der Waals surface area contributed by atoms with Gasteiger partial charge >= 0.3 is 0 Å². The molecule has 0 spiro atoms. The van der Waals surface area contributed by atoms with Gasteiger partial charge in [-0.2, -0.15) is 0 Å². The van der Waals surface area contributed by atoms with E-state index in [-0.39, 0.29) is 11.2 Å². The van der Waals surface area contributed by atoms with Gasteiger partial charge in [-0.3, -0.25) is 4.79 Å². The van der Waals surface area contributed by atoms with E-state index in [0.717, 1.165) is 23.4 Å². The molecule has 0 unspecified atom stereocenters. The number of aromatic nitrogens is 2. The monoisotopic (exact) mass is 355 g/mol. The van der Waals surface area contributed by atoms with Crippen LogP contribution in [0.2, 0.25) is 0 Å². The van der Waals surface area contributed by atoms with Gasteiger partial charge in [0.2, 0.25) is 5.91 Å². The summed E-state index contributed by atoms with van der Waals surface area (Å²) in [5.74, 6) is 1.17. The highest BCUT2D eigenvalue weighted by molar-refractivity contribution is 8.00. The van der Waals surface area contributed by atoms with Crippen molar-refractivity contribution in [1.82, 2.24) is 10.2 Å². The van der Waals surface area contributed by atoms with Gasteiger partial charge in [-0.15, -0.1) is 10.2 Å². The number of para-hydroxylation sites is 1. The van der Waals surface area contributed by atoms with E-state index in [1.165, 1.54) is 17.3 Å². The fourth-order valence-corrected chi connectivity index (χ4v) is 3.71. The normalized spacial score (nSPS) is 14.6. The zero-order chi connectivity index (χ0) is 17.4. The molecule has 1 aliphatic heterocycles. The van der Waals surface area contributed by atoms with E-state index in [0.29, 0.717) is 17.7 Å². The number of hydrogen-bond acceptors (Lipinski definition) is 6. The van der Waals surface area contributed by atoms with Crippen molar-refractivity contribution in [1.29, 1.82) is 0 Å². The quantitative estimate of drug-likeness (QED) is 0.664. The molecule has 128 valence electrons. The molecule has 0 saturated heterocycles. The topological polar surface area (TPSA) is 72.4 Å². The number of carbonyl (C=O) groups excluding carboxylic acids is 1. The average molecular weight is 355 g/mol. The predicted molar refractivity (Wildman–Crippen MR) is 94.6 cm³/mol. The smallest absolute Gasteiger partial charge is 0.277 e. The Hall–Kier alpha value is -2.54. The molecule has 0 radical (unpaired) electrons. The van der Waals surface area contributed by atoms with Gasteiger partial charge in [0.15, 0.2) is 0 Å². The molecule has 6 nitrogen and oxygen atoms in total. The first-order chi connectivity index (χ1) is 12.1. The van der Waals surface area contributed by atoms with Crippen molar-refractivity contribution >= 4 is 23.4 Å². The summed E-state index contributed by atoms with van der Waals surface area (Å²) in [5.41, 5.74) is 2.98. The van der Waals surface area contributed by atoms with Crippen molar-refractivity contribution in [2.24, 2.45) is 0 Å². The van der Waals surface area contributed by atoms with Crippen LogP contribution in [0.5, 0.6) is 0 Å². The third-order valence-corrected chi connectivity index (χ3v) is 5.20. The summed E-state index contributed by atoms with van der Waals surface area (Å²) in [6.07, 6.45) is 2.47. The number of rotatable bonds is 4. The lowest BCUT2D eigenvalue weighted by atomic mass is 10.2. The Labute approximate surface area is 149 Å². The molecular weight excluding hydrogens is 338 g/mol. The molecule has 3 heterocycles. The number of furan rings is 1. The van der Waals surface area contributed by atoms with E-state index in [1.54, 1.807) is 12.3 Å². The summed E-state index contributed by atoms with van der Waals surface area (Å²) in [7, 11) is 0. The zero-order valence-corrected chi connectivity index (χ0v) is 14.7. The number of thioether (sulfide) groups is 1. The second-order valence-electron chi connectivity index (χ2n) is 5.89. The molecule has 0 bridgehead atoms. The molecular formula is C18H17N3O3S. The average Bonchev–Trinajstić information content (AvgIpc) is 3.33. The van der Waals surface area contributed by atoms with Crippen LogP contribution in [0.1, 0.15) is 18.2 Å². The number of carbonyl (C=O) groups is 1. The van der Waals surface area contributed by atoms with Crippen LogP contribution in [0.3, 0.4) is 0 Å². The maximum Gasteiger partial charge on any atom is 0.277 e. The molecule has 4 rings (SSSR count). The van der Waals surface area contributed by atoms with E-state index in [2.05, 4.69) is 16.3 Å². The van der Waals surface area contributed by atoms with Gasteiger partial charge in [-0.05, 0) is 38.0 Å². The molecule has 1 aliphatic rings. The van der Waals surface area contributed by atoms with Crippen LogP contribution in [0, 0.1) is 6.92 Å². The Morgan fingerprint density at radius 2 is 2.12 bits per heavy atom. The summed E-state index contributed by atoms with van der Waals surface area (Å²) in [6, 6.07) is 9.80.